The Kier molecular flexibility index (Phi) is 4.32. The fourth-order valence-corrected chi connectivity index (χ4v) is 3.42. The molecule has 1 N–H and O–H groups in total. The largest absolute Gasteiger partial charge is 0.481 e. The van der Waals surface area contributed by atoms with Crippen LogP contribution in [0, 0.1) is 0 Å². The average molecular weight is 300 g/mol. The molecule has 0 aromatic carbocycles. The molecule has 0 aliphatic carbocycles. The number of aryl methyl sites for hydroxylation is 1. The van der Waals surface area contributed by atoms with Gasteiger partial charge in [0.05, 0.1) is 37.7 Å². The maximum Gasteiger partial charge on any atom is 0.303 e. The Labute approximate surface area is 120 Å². The second kappa shape index (κ2) is 6.19. The number of rotatable bonds is 5. The van der Waals surface area contributed by atoms with Crippen molar-refractivity contribution in [3.63, 3.8) is 0 Å². The lowest BCUT2D eigenvalue weighted by molar-refractivity contribution is -0.136. The van der Waals surface area contributed by atoms with Crippen molar-refractivity contribution in [3.8, 4) is 0 Å². The van der Waals surface area contributed by atoms with Gasteiger partial charge in [-0.25, -0.2) is 0 Å². The van der Waals surface area contributed by atoms with Crippen molar-refractivity contribution in [1.29, 1.82) is 0 Å². The second-order valence-electron chi connectivity index (χ2n) is 4.57. The summed E-state index contributed by atoms with van der Waals surface area (Å²) in [6.45, 7) is 2.27. The zero-order chi connectivity index (χ0) is 13.9. The first kappa shape index (κ1) is 14.0. The van der Waals surface area contributed by atoms with Crippen LogP contribution in [0.1, 0.15) is 34.3 Å². The minimum Gasteiger partial charge on any atom is -0.481 e. The predicted molar refractivity (Wildman–Crippen MR) is 69.6 cm³/mol. The number of thiophene rings is 1. The van der Waals surface area contributed by atoms with Crippen LogP contribution in [0.4, 0.5) is 0 Å². The predicted octanol–water partition coefficient (Wildman–Crippen LogP) is 1.86. The summed E-state index contributed by atoms with van der Waals surface area (Å²) >= 11 is 1.51. The van der Waals surface area contributed by atoms with Gasteiger partial charge in [-0.1, -0.05) is 0 Å². The van der Waals surface area contributed by atoms with Gasteiger partial charge < -0.3 is 24.1 Å². The third-order valence-corrected chi connectivity index (χ3v) is 4.37. The van der Waals surface area contributed by atoms with E-state index in [1.54, 1.807) is 0 Å². The summed E-state index contributed by atoms with van der Waals surface area (Å²) in [5.74, 6) is -0.803. The van der Waals surface area contributed by atoms with E-state index in [4.69, 9.17) is 24.1 Å². The quantitative estimate of drug-likeness (QED) is 0.894. The first-order valence-electron chi connectivity index (χ1n) is 6.55. The van der Waals surface area contributed by atoms with E-state index in [0.29, 0.717) is 32.8 Å². The summed E-state index contributed by atoms with van der Waals surface area (Å²) in [5.41, 5.74) is 0.903. The van der Waals surface area contributed by atoms with Crippen LogP contribution >= 0.6 is 11.3 Å². The average Bonchev–Trinajstić information content (AvgIpc) is 3.15. The van der Waals surface area contributed by atoms with E-state index in [1.165, 1.54) is 11.3 Å². The summed E-state index contributed by atoms with van der Waals surface area (Å²) in [7, 11) is 0. The lowest BCUT2D eigenvalue weighted by atomic mass is 10.2. The summed E-state index contributed by atoms with van der Waals surface area (Å²) in [6, 6.07) is 1.95. The van der Waals surface area contributed by atoms with Crippen molar-refractivity contribution in [3.05, 3.63) is 21.4 Å². The van der Waals surface area contributed by atoms with E-state index in [0.717, 1.165) is 15.3 Å². The third kappa shape index (κ3) is 3.02. The number of aliphatic carboxylic acids is 1. The highest BCUT2D eigenvalue weighted by atomic mass is 32.1. The minimum absolute atomic E-state index is 0.109. The molecule has 3 rings (SSSR count). The first-order chi connectivity index (χ1) is 9.74. The zero-order valence-corrected chi connectivity index (χ0v) is 11.7. The molecule has 0 radical (unpaired) electrons. The molecule has 2 fully saturated rings. The lowest BCUT2D eigenvalue weighted by Gasteiger charge is -2.13. The van der Waals surface area contributed by atoms with E-state index in [1.807, 2.05) is 6.07 Å². The Morgan fingerprint density at radius 1 is 1.15 bits per heavy atom. The van der Waals surface area contributed by atoms with Gasteiger partial charge in [0.1, 0.15) is 0 Å². The Balaban J connectivity index is 1.82. The van der Waals surface area contributed by atoms with Crippen molar-refractivity contribution in [2.45, 2.75) is 25.4 Å². The molecule has 0 bridgehead atoms. The molecular weight excluding hydrogens is 284 g/mol. The molecule has 1 aromatic rings. The van der Waals surface area contributed by atoms with Crippen LogP contribution in [0.3, 0.4) is 0 Å². The van der Waals surface area contributed by atoms with Crippen LogP contribution in [-0.4, -0.2) is 37.5 Å². The molecule has 2 aliphatic heterocycles. The Bertz CT molecular complexity index is 440. The highest BCUT2D eigenvalue weighted by molar-refractivity contribution is 7.12. The van der Waals surface area contributed by atoms with Crippen LogP contribution in [0.2, 0.25) is 0 Å². The number of hydrogen-bond acceptors (Lipinski definition) is 6. The maximum atomic E-state index is 10.7. The second-order valence-corrected chi connectivity index (χ2v) is 5.74. The van der Waals surface area contributed by atoms with Gasteiger partial charge in [0.2, 0.25) is 0 Å². The standard InChI is InChI=1S/C13H16O6S/c14-10(15)2-1-8-7-9(12-16-3-4-17-12)11(20-8)13-18-5-6-19-13/h7,12-13H,1-6H2,(H,14,15). The highest BCUT2D eigenvalue weighted by Gasteiger charge is 2.30. The third-order valence-electron chi connectivity index (χ3n) is 3.14. The molecule has 7 heteroatoms. The number of hydrogen-bond donors (Lipinski definition) is 1. The van der Waals surface area contributed by atoms with Gasteiger partial charge in [0.25, 0.3) is 0 Å². The molecular formula is C13H16O6S. The molecule has 0 saturated carbocycles. The number of carboxylic acids is 1. The zero-order valence-electron chi connectivity index (χ0n) is 10.9. The molecule has 0 spiro atoms. The van der Waals surface area contributed by atoms with Gasteiger partial charge in [-0.05, 0) is 12.5 Å². The van der Waals surface area contributed by atoms with Gasteiger partial charge in [-0.15, -0.1) is 11.3 Å². The van der Waals surface area contributed by atoms with Crippen molar-refractivity contribution in [2.75, 3.05) is 26.4 Å². The van der Waals surface area contributed by atoms with E-state index in [-0.39, 0.29) is 12.7 Å². The van der Waals surface area contributed by atoms with Crippen LogP contribution in [0.5, 0.6) is 0 Å². The summed E-state index contributed by atoms with van der Waals surface area (Å²) < 4.78 is 22.1. The molecule has 1 aromatic heterocycles. The van der Waals surface area contributed by atoms with Crippen LogP contribution in [0.15, 0.2) is 6.07 Å². The Morgan fingerprint density at radius 3 is 2.35 bits per heavy atom. The van der Waals surface area contributed by atoms with Gasteiger partial charge in [-0.2, -0.15) is 0 Å². The molecule has 0 amide bonds. The van der Waals surface area contributed by atoms with Gasteiger partial charge in [0.15, 0.2) is 12.6 Å². The lowest BCUT2D eigenvalue weighted by Crippen LogP contribution is -2.04. The van der Waals surface area contributed by atoms with Gasteiger partial charge >= 0.3 is 5.97 Å². The Morgan fingerprint density at radius 2 is 1.75 bits per heavy atom. The molecule has 6 nitrogen and oxygen atoms in total. The number of carbonyl (C=O) groups is 1. The molecule has 3 heterocycles. The number of carboxylic acid groups (broad SMARTS) is 1. The summed E-state index contributed by atoms with van der Waals surface area (Å²) in [4.78, 5) is 12.6. The van der Waals surface area contributed by atoms with E-state index in [9.17, 15) is 4.79 Å². The van der Waals surface area contributed by atoms with E-state index in [2.05, 4.69) is 0 Å². The maximum absolute atomic E-state index is 10.7. The van der Waals surface area contributed by atoms with E-state index < -0.39 is 12.3 Å². The van der Waals surface area contributed by atoms with Crippen molar-refractivity contribution in [1.82, 2.24) is 0 Å². The smallest absolute Gasteiger partial charge is 0.303 e. The molecule has 2 aliphatic rings. The monoisotopic (exact) mass is 300 g/mol. The molecule has 0 atom stereocenters. The van der Waals surface area contributed by atoms with Crippen molar-refractivity contribution in [2.24, 2.45) is 0 Å². The van der Waals surface area contributed by atoms with Crippen LogP contribution in [-0.2, 0) is 30.2 Å². The fourth-order valence-electron chi connectivity index (χ4n) is 2.24. The van der Waals surface area contributed by atoms with Crippen molar-refractivity contribution >= 4 is 17.3 Å². The summed E-state index contributed by atoms with van der Waals surface area (Å²) in [6.07, 6.45) is -0.182. The molecule has 2 saturated heterocycles. The Hall–Kier alpha value is -0.990. The van der Waals surface area contributed by atoms with E-state index >= 15 is 0 Å². The number of ether oxygens (including phenoxy) is 4. The van der Waals surface area contributed by atoms with Crippen molar-refractivity contribution < 1.29 is 28.8 Å². The minimum atomic E-state index is -0.803. The molecule has 110 valence electrons. The van der Waals surface area contributed by atoms with Crippen LogP contribution < -0.4 is 0 Å². The molecule has 0 unspecified atom stereocenters. The van der Waals surface area contributed by atoms with Gasteiger partial charge in [0, 0.05) is 10.4 Å². The normalized spacial score (nSPS) is 20.8. The topological polar surface area (TPSA) is 74.2 Å². The first-order valence-corrected chi connectivity index (χ1v) is 7.36. The van der Waals surface area contributed by atoms with Gasteiger partial charge in [-0.3, -0.25) is 4.79 Å². The SMILES string of the molecule is O=C(O)CCc1cc(C2OCCO2)c(C2OCCO2)s1. The molecule has 20 heavy (non-hydrogen) atoms. The highest BCUT2D eigenvalue weighted by Crippen LogP contribution is 2.39. The fraction of sp³-hybridized carbons (Fsp3) is 0.615. The van der Waals surface area contributed by atoms with Crippen LogP contribution in [0.25, 0.3) is 0 Å². The summed E-state index contributed by atoms with van der Waals surface area (Å²) in [5, 5.41) is 8.78.